The molecule has 2 aliphatic rings. The summed E-state index contributed by atoms with van der Waals surface area (Å²) in [5.74, 6) is 0.112. The van der Waals surface area contributed by atoms with E-state index in [1.165, 1.54) is 6.42 Å². The molecule has 5 nitrogen and oxygen atoms in total. The Hall–Kier alpha value is -0.660. The van der Waals surface area contributed by atoms with E-state index in [0.717, 1.165) is 49.3 Å². The van der Waals surface area contributed by atoms with Crippen LogP contribution in [-0.2, 0) is 4.79 Å². The zero-order chi connectivity index (χ0) is 16.9. The molecule has 2 aliphatic heterocycles. The molecule has 1 aromatic carbocycles. The van der Waals surface area contributed by atoms with E-state index < -0.39 is 0 Å². The average Bonchev–Trinajstić information content (AvgIpc) is 3.10. The molecular weight excluding hydrogens is 404 g/mol. The third kappa shape index (κ3) is 5.93. The second-order valence-corrected chi connectivity index (χ2v) is 7.72. The molecule has 2 heterocycles. The van der Waals surface area contributed by atoms with Crippen molar-refractivity contribution in [2.24, 2.45) is 0 Å². The number of amides is 1. The molecule has 2 unspecified atom stereocenters. The normalized spacial score (nSPS) is 23.0. The summed E-state index contributed by atoms with van der Waals surface area (Å²) in [7, 11) is 0. The van der Waals surface area contributed by atoms with E-state index in [2.05, 4.69) is 36.4 Å². The van der Waals surface area contributed by atoms with Gasteiger partial charge in [-0.3, -0.25) is 14.6 Å². The van der Waals surface area contributed by atoms with Gasteiger partial charge in [0.1, 0.15) is 0 Å². The fraction of sp³-hybridized carbons (Fsp3) is 0.611. The molecule has 2 atom stereocenters. The Labute approximate surface area is 165 Å². The van der Waals surface area contributed by atoms with E-state index in [1.807, 2.05) is 31.2 Å². The van der Waals surface area contributed by atoms with Crippen LogP contribution in [-0.4, -0.2) is 67.6 Å². The van der Waals surface area contributed by atoms with Gasteiger partial charge in [0.15, 0.2) is 0 Å². The molecule has 25 heavy (non-hydrogen) atoms. The van der Waals surface area contributed by atoms with Gasteiger partial charge in [-0.15, -0.1) is 12.4 Å². The van der Waals surface area contributed by atoms with Gasteiger partial charge in [-0.05, 0) is 37.6 Å². The highest BCUT2D eigenvalue weighted by molar-refractivity contribution is 9.10. The second kappa shape index (κ2) is 9.88. The summed E-state index contributed by atoms with van der Waals surface area (Å²) in [5, 5.41) is 6.54. The molecule has 0 aliphatic carbocycles. The minimum absolute atomic E-state index is 0. The molecule has 7 heteroatoms. The number of hydrogen-bond acceptors (Lipinski definition) is 4. The van der Waals surface area contributed by atoms with Gasteiger partial charge in [-0.2, -0.15) is 0 Å². The molecule has 0 bridgehead atoms. The van der Waals surface area contributed by atoms with Gasteiger partial charge in [0.05, 0.1) is 12.6 Å². The van der Waals surface area contributed by atoms with Crippen molar-refractivity contribution < 1.29 is 4.79 Å². The molecule has 0 aromatic heterocycles. The molecule has 1 amide bonds. The zero-order valence-electron chi connectivity index (χ0n) is 14.7. The lowest BCUT2D eigenvalue weighted by atomic mass is 10.1. The first-order valence-electron chi connectivity index (χ1n) is 8.84. The van der Waals surface area contributed by atoms with Crippen LogP contribution >= 0.6 is 28.3 Å². The van der Waals surface area contributed by atoms with Crippen molar-refractivity contribution in [1.82, 2.24) is 20.4 Å². The van der Waals surface area contributed by atoms with E-state index in [0.29, 0.717) is 12.6 Å². The number of nitrogens with one attached hydrogen (secondary N) is 2. The summed E-state index contributed by atoms with van der Waals surface area (Å²) in [5.41, 5.74) is 1.13. The van der Waals surface area contributed by atoms with Crippen LogP contribution in [0.2, 0.25) is 0 Å². The quantitative estimate of drug-likeness (QED) is 0.749. The number of carbonyl (C=O) groups is 1. The standard InChI is InChI=1S/C18H27BrN4O.ClH/c1-14(15-2-4-16(19)5-3-15)21-18(24)13-22-8-10-23(11-9-22)17-6-7-20-12-17;/h2-5,14,17,20H,6-13H2,1H3,(H,21,24);1H. The summed E-state index contributed by atoms with van der Waals surface area (Å²) < 4.78 is 1.06. The van der Waals surface area contributed by atoms with E-state index in [1.54, 1.807) is 0 Å². The summed E-state index contributed by atoms with van der Waals surface area (Å²) >= 11 is 3.44. The summed E-state index contributed by atoms with van der Waals surface area (Å²) in [6.07, 6.45) is 1.26. The van der Waals surface area contributed by atoms with Gasteiger partial charge in [0, 0.05) is 43.2 Å². The lowest BCUT2D eigenvalue weighted by molar-refractivity contribution is -0.123. The summed E-state index contributed by atoms with van der Waals surface area (Å²) in [6, 6.07) is 8.84. The Balaban J connectivity index is 0.00000225. The van der Waals surface area contributed by atoms with Gasteiger partial charge < -0.3 is 10.6 Å². The van der Waals surface area contributed by atoms with Crippen LogP contribution in [0.4, 0.5) is 0 Å². The van der Waals surface area contributed by atoms with Crippen LogP contribution in [0.5, 0.6) is 0 Å². The molecular formula is C18H28BrClN4O. The van der Waals surface area contributed by atoms with Crippen molar-refractivity contribution >= 4 is 34.2 Å². The van der Waals surface area contributed by atoms with Crippen LogP contribution in [0, 0.1) is 0 Å². The van der Waals surface area contributed by atoms with Crippen molar-refractivity contribution in [3.05, 3.63) is 34.3 Å². The minimum atomic E-state index is 0. The van der Waals surface area contributed by atoms with Crippen LogP contribution in [0.15, 0.2) is 28.7 Å². The topological polar surface area (TPSA) is 47.6 Å². The second-order valence-electron chi connectivity index (χ2n) is 6.80. The molecule has 2 saturated heterocycles. The maximum atomic E-state index is 12.3. The number of benzene rings is 1. The van der Waals surface area contributed by atoms with Crippen molar-refractivity contribution in [2.45, 2.75) is 25.4 Å². The van der Waals surface area contributed by atoms with Crippen LogP contribution in [0.25, 0.3) is 0 Å². The zero-order valence-corrected chi connectivity index (χ0v) is 17.1. The van der Waals surface area contributed by atoms with Gasteiger partial charge in [-0.25, -0.2) is 0 Å². The highest BCUT2D eigenvalue weighted by atomic mass is 79.9. The lowest BCUT2D eigenvalue weighted by Crippen LogP contribution is -2.52. The Morgan fingerprint density at radius 1 is 1.28 bits per heavy atom. The maximum absolute atomic E-state index is 12.3. The van der Waals surface area contributed by atoms with Crippen LogP contribution in [0.3, 0.4) is 0 Å². The Bertz CT molecular complexity index is 543. The molecule has 0 saturated carbocycles. The van der Waals surface area contributed by atoms with E-state index in [-0.39, 0.29) is 24.4 Å². The van der Waals surface area contributed by atoms with Crippen molar-refractivity contribution in [1.29, 1.82) is 0 Å². The molecule has 0 radical (unpaired) electrons. The Morgan fingerprint density at radius 2 is 1.96 bits per heavy atom. The first kappa shape index (κ1) is 20.6. The van der Waals surface area contributed by atoms with E-state index in [9.17, 15) is 4.79 Å². The third-order valence-corrected chi connectivity index (χ3v) is 5.60. The highest BCUT2D eigenvalue weighted by Crippen LogP contribution is 2.16. The van der Waals surface area contributed by atoms with E-state index in [4.69, 9.17) is 0 Å². The van der Waals surface area contributed by atoms with Crippen LogP contribution in [0.1, 0.15) is 24.9 Å². The number of halogens is 2. The van der Waals surface area contributed by atoms with Gasteiger partial charge in [-0.1, -0.05) is 28.1 Å². The first-order chi connectivity index (χ1) is 11.6. The molecule has 3 rings (SSSR count). The van der Waals surface area contributed by atoms with Crippen LogP contribution < -0.4 is 10.6 Å². The third-order valence-electron chi connectivity index (χ3n) is 5.07. The van der Waals surface area contributed by atoms with Crippen molar-refractivity contribution in [3.8, 4) is 0 Å². The van der Waals surface area contributed by atoms with Gasteiger partial charge in [0.2, 0.25) is 5.91 Å². The number of nitrogens with zero attached hydrogens (tertiary/aromatic N) is 2. The molecule has 1 aromatic rings. The predicted molar refractivity (Wildman–Crippen MR) is 107 cm³/mol. The van der Waals surface area contributed by atoms with E-state index >= 15 is 0 Å². The smallest absolute Gasteiger partial charge is 0.234 e. The number of rotatable bonds is 5. The Morgan fingerprint density at radius 3 is 2.56 bits per heavy atom. The monoisotopic (exact) mass is 430 g/mol. The fourth-order valence-electron chi connectivity index (χ4n) is 3.56. The molecule has 0 spiro atoms. The predicted octanol–water partition coefficient (Wildman–Crippen LogP) is 2.03. The lowest BCUT2D eigenvalue weighted by Gasteiger charge is -2.37. The first-order valence-corrected chi connectivity index (χ1v) is 9.63. The maximum Gasteiger partial charge on any atom is 0.234 e. The SMILES string of the molecule is CC(NC(=O)CN1CCN(C2CCNC2)CC1)c1ccc(Br)cc1.Cl. The van der Waals surface area contributed by atoms with Gasteiger partial charge >= 0.3 is 0 Å². The average molecular weight is 432 g/mol. The molecule has 2 fully saturated rings. The highest BCUT2D eigenvalue weighted by Gasteiger charge is 2.26. The fourth-order valence-corrected chi connectivity index (χ4v) is 3.83. The number of hydrogen-bond donors (Lipinski definition) is 2. The van der Waals surface area contributed by atoms with Crippen molar-refractivity contribution in [3.63, 3.8) is 0 Å². The minimum Gasteiger partial charge on any atom is -0.348 e. The Kier molecular flexibility index (Phi) is 8.16. The summed E-state index contributed by atoms with van der Waals surface area (Å²) in [4.78, 5) is 17.1. The molecule has 140 valence electrons. The largest absolute Gasteiger partial charge is 0.348 e. The summed E-state index contributed by atoms with van der Waals surface area (Å²) in [6.45, 7) is 8.90. The van der Waals surface area contributed by atoms with Crippen molar-refractivity contribution in [2.75, 3.05) is 45.8 Å². The number of piperazine rings is 1. The molecule has 2 N–H and O–H groups in total. The van der Waals surface area contributed by atoms with Gasteiger partial charge in [0.25, 0.3) is 0 Å². The number of carbonyl (C=O) groups excluding carboxylic acids is 1.